The fraction of sp³-hybridized carbons (Fsp3) is 1.00. The van der Waals surface area contributed by atoms with Crippen LogP contribution in [0.2, 0.25) is 0 Å². The average molecular weight is 288 g/mol. The van der Waals surface area contributed by atoms with Crippen LogP contribution in [0.15, 0.2) is 0 Å². The van der Waals surface area contributed by atoms with Crippen molar-refractivity contribution in [3.63, 3.8) is 0 Å². The van der Waals surface area contributed by atoms with Crippen molar-refractivity contribution in [3.8, 4) is 0 Å². The summed E-state index contributed by atoms with van der Waals surface area (Å²) in [5.41, 5.74) is 0. The van der Waals surface area contributed by atoms with Gasteiger partial charge in [-0.15, -0.1) is 0 Å². The van der Waals surface area contributed by atoms with Gasteiger partial charge >= 0.3 is 0 Å². The number of likely N-dealkylation sites (tertiary alicyclic amines) is 2. The Bertz CT molecular complexity index is 299. The standard InChI is InChI=1S/C16H30F2N2/c1-4-19-8-7-15(16(17,18)12-19)20-9-5-14(6-10-20)11-13(2)3/h13-15H,4-12H2,1-3H3. The molecule has 1 atom stereocenters. The molecule has 0 bridgehead atoms. The highest BCUT2D eigenvalue weighted by Gasteiger charge is 2.47. The molecular formula is C16H30F2N2. The minimum absolute atomic E-state index is 0.0555. The summed E-state index contributed by atoms with van der Waals surface area (Å²) < 4.78 is 28.6. The van der Waals surface area contributed by atoms with Gasteiger partial charge < -0.3 is 0 Å². The Balaban J connectivity index is 1.87. The Kier molecular flexibility index (Phi) is 5.41. The highest BCUT2D eigenvalue weighted by molar-refractivity contribution is 4.94. The maximum atomic E-state index is 14.3. The largest absolute Gasteiger partial charge is 0.298 e. The summed E-state index contributed by atoms with van der Waals surface area (Å²) in [5, 5.41) is 0. The third-order valence-corrected chi connectivity index (χ3v) is 4.98. The maximum Gasteiger partial charge on any atom is 0.275 e. The molecule has 2 aliphatic rings. The second kappa shape index (κ2) is 6.69. The van der Waals surface area contributed by atoms with Crippen molar-refractivity contribution >= 4 is 0 Å². The van der Waals surface area contributed by atoms with Gasteiger partial charge in [0.1, 0.15) is 0 Å². The number of halogens is 2. The topological polar surface area (TPSA) is 6.48 Å². The third-order valence-electron chi connectivity index (χ3n) is 4.98. The van der Waals surface area contributed by atoms with E-state index >= 15 is 0 Å². The van der Waals surface area contributed by atoms with E-state index in [-0.39, 0.29) is 6.54 Å². The molecule has 4 heteroatoms. The predicted molar refractivity (Wildman–Crippen MR) is 79.2 cm³/mol. The van der Waals surface area contributed by atoms with E-state index in [1.54, 1.807) is 0 Å². The molecule has 0 aromatic rings. The smallest absolute Gasteiger partial charge is 0.275 e. The number of hydrogen-bond donors (Lipinski definition) is 0. The molecule has 0 saturated carbocycles. The number of hydrogen-bond acceptors (Lipinski definition) is 2. The molecule has 0 aliphatic carbocycles. The van der Waals surface area contributed by atoms with Crippen LogP contribution in [0.5, 0.6) is 0 Å². The second-order valence-electron chi connectivity index (χ2n) is 7.04. The highest BCUT2D eigenvalue weighted by Crippen LogP contribution is 2.34. The van der Waals surface area contributed by atoms with Crippen LogP contribution in [0.3, 0.4) is 0 Å². The summed E-state index contributed by atoms with van der Waals surface area (Å²) >= 11 is 0. The number of nitrogens with zero attached hydrogens (tertiary/aromatic N) is 2. The quantitative estimate of drug-likeness (QED) is 0.781. The molecule has 0 spiro atoms. The van der Waals surface area contributed by atoms with Crippen LogP contribution in [0.1, 0.15) is 46.5 Å². The van der Waals surface area contributed by atoms with Crippen LogP contribution in [0.4, 0.5) is 8.78 Å². The van der Waals surface area contributed by atoms with E-state index in [1.807, 2.05) is 11.8 Å². The zero-order chi connectivity index (χ0) is 14.8. The first-order valence-corrected chi connectivity index (χ1v) is 8.26. The molecular weight excluding hydrogens is 258 g/mol. The van der Waals surface area contributed by atoms with Crippen LogP contribution in [-0.2, 0) is 0 Å². The van der Waals surface area contributed by atoms with Gasteiger partial charge in [-0.2, -0.15) is 0 Å². The summed E-state index contributed by atoms with van der Waals surface area (Å²) in [6.07, 6.45) is 4.07. The van der Waals surface area contributed by atoms with Crippen LogP contribution < -0.4 is 0 Å². The van der Waals surface area contributed by atoms with Crippen molar-refractivity contribution in [2.75, 3.05) is 32.7 Å². The van der Waals surface area contributed by atoms with Crippen molar-refractivity contribution in [1.29, 1.82) is 0 Å². The molecule has 2 nitrogen and oxygen atoms in total. The summed E-state index contributed by atoms with van der Waals surface area (Å²) in [4.78, 5) is 3.95. The van der Waals surface area contributed by atoms with E-state index in [2.05, 4.69) is 18.7 Å². The van der Waals surface area contributed by atoms with Crippen molar-refractivity contribution in [2.45, 2.75) is 58.4 Å². The Morgan fingerprint density at radius 3 is 2.25 bits per heavy atom. The Morgan fingerprint density at radius 2 is 1.75 bits per heavy atom. The van der Waals surface area contributed by atoms with Gasteiger partial charge in [-0.1, -0.05) is 20.8 Å². The monoisotopic (exact) mass is 288 g/mol. The van der Waals surface area contributed by atoms with Gasteiger partial charge in [0, 0.05) is 6.54 Å². The van der Waals surface area contributed by atoms with Crippen LogP contribution in [0, 0.1) is 11.8 Å². The van der Waals surface area contributed by atoms with Crippen LogP contribution in [0.25, 0.3) is 0 Å². The zero-order valence-electron chi connectivity index (χ0n) is 13.2. The first-order valence-electron chi connectivity index (χ1n) is 8.26. The van der Waals surface area contributed by atoms with Crippen molar-refractivity contribution in [1.82, 2.24) is 9.80 Å². The molecule has 0 aromatic carbocycles. The molecule has 118 valence electrons. The van der Waals surface area contributed by atoms with E-state index < -0.39 is 12.0 Å². The Hall–Kier alpha value is -0.220. The lowest BCUT2D eigenvalue weighted by Crippen LogP contribution is -2.59. The van der Waals surface area contributed by atoms with Crippen LogP contribution >= 0.6 is 0 Å². The Morgan fingerprint density at radius 1 is 1.10 bits per heavy atom. The average Bonchev–Trinajstić information content (AvgIpc) is 2.38. The SMILES string of the molecule is CCN1CCC(N2CCC(CC(C)C)CC2)C(F)(F)C1. The van der Waals surface area contributed by atoms with E-state index in [0.717, 1.165) is 50.9 Å². The summed E-state index contributed by atoms with van der Waals surface area (Å²) in [7, 11) is 0. The molecule has 2 rings (SSSR count). The minimum atomic E-state index is -2.54. The molecule has 0 amide bonds. The number of piperidine rings is 2. The van der Waals surface area contributed by atoms with E-state index in [0.29, 0.717) is 6.42 Å². The molecule has 2 fully saturated rings. The summed E-state index contributed by atoms with van der Waals surface area (Å²) in [6.45, 7) is 9.70. The molecule has 2 saturated heterocycles. The summed E-state index contributed by atoms with van der Waals surface area (Å²) in [5.74, 6) is -1.07. The number of rotatable bonds is 4. The first-order chi connectivity index (χ1) is 9.42. The molecule has 0 aromatic heterocycles. The maximum absolute atomic E-state index is 14.3. The van der Waals surface area contributed by atoms with Gasteiger partial charge in [-0.05, 0) is 57.2 Å². The lowest BCUT2D eigenvalue weighted by molar-refractivity contribution is -0.131. The van der Waals surface area contributed by atoms with E-state index in [9.17, 15) is 8.78 Å². The van der Waals surface area contributed by atoms with Crippen molar-refractivity contribution in [3.05, 3.63) is 0 Å². The summed E-state index contributed by atoms with van der Waals surface area (Å²) in [6, 6.07) is -0.523. The first kappa shape index (κ1) is 16.2. The van der Waals surface area contributed by atoms with Gasteiger partial charge in [0.05, 0.1) is 12.6 Å². The minimum Gasteiger partial charge on any atom is -0.298 e. The third kappa shape index (κ3) is 3.91. The molecule has 0 N–H and O–H groups in total. The highest BCUT2D eigenvalue weighted by atomic mass is 19.3. The molecule has 0 radical (unpaired) electrons. The van der Waals surface area contributed by atoms with E-state index in [4.69, 9.17) is 0 Å². The molecule has 20 heavy (non-hydrogen) atoms. The van der Waals surface area contributed by atoms with Gasteiger partial charge in [0.25, 0.3) is 5.92 Å². The van der Waals surface area contributed by atoms with E-state index in [1.165, 1.54) is 6.42 Å². The van der Waals surface area contributed by atoms with Gasteiger partial charge in [0.15, 0.2) is 0 Å². The van der Waals surface area contributed by atoms with Crippen molar-refractivity contribution < 1.29 is 8.78 Å². The van der Waals surface area contributed by atoms with Gasteiger partial charge in [-0.3, -0.25) is 9.80 Å². The van der Waals surface area contributed by atoms with Gasteiger partial charge in [-0.25, -0.2) is 8.78 Å². The number of alkyl halides is 2. The fourth-order valence-electron chi connectivity index (χ4n) is 3.89. The zero-order valence-corrected chi connectivity index (χ0v) is 13.2. The van der Waals surface area contributed by atoms with Crippen LogP contribution in [-0.4, -0.2) is 54.5 Å². The van der Waals surface area contributed by atoms with Crippen molar-refractivity contribution in [2.24, 2.45) is 11.8 Å². The lowest BCUT2D eigenvalue weighted by atomic mass is 9.87. The molecule has 2 heterocycles. The fourth-order valence-corrected chi connectivity index (χ4v) is 3.89. The second-order valence-corrected chi connectivity index (χ2v) is 7.04. The lowest BCUT2D eigenvalue weighted by Gasteiger charge is -2.45. The molecule has 1 unspecified atom stereocenters. The van der Waals surface area contributed by atoms with Gasteiger partial charge in [0.2, 0.25) is 0 Å². The predicted octanol–water partition coefficient (Wildman–Crippen LogP) is 3.47. The molecule has 2 aliphatic heterocycles. The Labute approximate surface area is 122 Å². The normalized spacial score (nSPS) is 30.0.